The molecule has 1 heterocycles. The number of hydrogen-bond donors (Lipinski definition) is 4. The first-order chi connectivity index (χ1) is 14.0. The summed E-state index contributed by atoms with van der Waals surface area (Å²) in [6.07, 6.45) is 1.92. The van der Waals surface area contributed by atoms with Gasteiger partial charge in [-0.1, -0.05) is 25.5 Å². The van der Waals surface area contributed by atoms with Crippen molar-refractivity contribution >= 4 is 34.6 Å². The Morgan fingerprint density at radius 2 is 2.10 bits per heavy atom. The predicted molar refractivity (Wildman–Crippen MR) is 115 cm³/mol. The maximum Gasteiger partial charge on any atom is 0.268 e. The van der Waals surface area contributed by atoms with E-state index in [1.54, 1.807) is 12.1 Å². The zero-order chi connectivity index (χ0) is 20.8. The van der Waals surface area contributed by atoms with Crippen molar-refractivity contribution in [3.8, 4) is 0 Å². The van der Waals surface area contributed by atoms with Crippen molar-refractivity contribution in [3.05, 3.63) is 65.1 Å². The second-order valence-corrected chi connectivity index (χ2v) is 7.63. The van der Waals surface area contributed by atoms with Gasteiger partial charge in [-0.2, -0.15) is 0 Å². The van der Waals surface area contributed by atoms with Crippen LogP contribution in [0.15, 0.2) is 42.5 Å². The van der Waals surface area contributed by atoms with Crippen molar-refractivity contribution in [1.82, 2.24) is 14.8 Å². The van der Waals surface area contributed by atoms with Gasteiger partial charge in [-0.25, -0.2) is 4.39 Å². The number of carbonyl (C=O) groups excluding carboxylic acids is 1. The van der Waals surface area contributed by atoms with E-state index in [1.165, 1.54) is 16.6 Å². The molecule has 29 heavy (non-hydrogen) atoms. The van der Waals surface area contributed by atoms with E-state index in [0.717, 1.165) is 47.1 Å². The number of aryl methyl sites for hydroxylation is 1. The van der Waals surface area contributed by atoms with Gasteiger partial charge in [0.05, 0.1) is 12.1 Å². The average Bonchev–Trinajstić information content (AvgIpc) is 3.05. The zero-order valence-corrected chi connectivity index (χ0v) is 17.3. The fourth-order valence-corrected chi connectivity index (χ4v) is 3.54. The number of nitrogens with zero attached hydrogens (tertiary/aromatic N) is 1. The molecule has 0 fully saturated rings. The van der Waals surface area contributed by atoms with Gasteiger partial charge in [0.15, 0.2) is 0 Å². The van der Waals surface area contributed by atoms with E-state index >= 15 is 0 Å². The molecule has 0 aliphatic carbocycles. The quantitative estimate of drug-likeness (QED) is 0.291. The molecule has 0 aliphatic rings. The lowest BCUT2D eigenvalue weighted by Gasteiger charge is -2.13. The van der Waals surface area contributed by atoms with Crippen LogP contribution < -0.4 is 10.0 Å². The number of benzene rings is 2. The molecule has 0 atom stereocenters. The van der Waals surface area contributed by atoms with Crippen LogP contribution in [0.4, 0.5) is 10.1 Å². The van der Waals surface area contributed by atoms with Crippen LogP contribution in [-0.4, -0.2) is 27.1 Å². The topological polar surface area (TPSA) is 80.4 Å². The lowest BCUT2D eigenvalue weighted by Crippen LogP contribution is -2.23. The van der Waals surface area contributed by atoms with Crippen molar-refractivity contribution in [3.63, 3.8) is 0 Å². The highest BCUT2D eigenvalue weighted by Crippen LogP contribution is 2.26. The molecule has 0 saturated carbocycles. The van der Waals surface area contributed by atoms with Crippen molar-refractivity contribution in [2.24, 2.45) is 0 Å². The molecule has 0 saturated heterocycles. The molecule has 4 N–H and O–H groups in total. The average molecular weight is 417 g/mol. The fourth-order valence-electron chi connectivity index (χ4n) is 2.98. The summed E-state index contributed by atoms with van der Waals surface area (Å²) in [5.41, 5.74) is 3.69. The number of aromatic amines is 1. The van der Waals surface area contributed by atoms with Crippen LogP contribution in [0.1, 0.15) is 41.4 Å². The van der Waals surface area contributed by atoms with Gasteiger partial charge in [-0.05, 0) is 54.8 Å². The Labute approximate surface area is 173 Å². The monoisotopic (exact) mass is 416 g/mol. The summed E-state index contributed by atoms with van der Waals surface area (Å²) < 4.78 is 17.6. The van der Waals surface area contributed by atoms with Gasteiger partial charge in [0.1, 0.15) is 11.5 Å². The lowest BCUT2D eigenvalue weighted by atomic mass is 10.1. The standard InChI is InChI=1S/C21H25FN4O2S/c1-3-4-10-26(28)29-25-17-8-9-19-18(12-17)14(2)20(24-19)21(27)23-13-15-6-5-7-16(22)11-15/h5-9,11-12,24-25,28H,3-4,10,13H2,1-2H3,(H,23,27). The van der Waals surface area contributed by atoms with E-state index in [9.17, 15) is 14.4 Å². The van der Waals surface area contributed by atoms with Crippen LogP contribution in [0, 0.1) is 12.7 Å². The normalized spacial score (nSPS) is 11.2. The van der Waals surface area contributed by atoms with Crippen molar-refractivity contribution in [1.29, 1.82) is 0 Å². The summed E-state index contributed by atoms with van der Waals surface area (Å²) >= 11 is 1.12. The molecule has 0 aliphatic heterocycles. The number of nitrogens with one attached hydrogen (secondary N) is 3. The first-order valence-electron chi connectivity index (χ1n) is 9.52. The van der Waals surface area contributed by atoms with Crippen molar-refractivity contribution < 1.29 is 14.4 Å². The van der Waals surface area contributed by atoms with Crippen LogP contribution >= 0.6 is 12.1 Å². The Bertz CT molecular complexity index is 992. The van der Waals surface area contributed by atoms with Gasteiger partial charge in [0, 0.05) is 29.7 Å². The fraction of sp³-hybridized carbons (Fsp3) is 0.286. The number of hydrogen-bond acceptors (Lipinski definition) is 5. The molecule has 154 valence electrons. The van der Waals surface area contributed by atoms with E-state index in [4.69, 9.17) is 0 Å². The number of fused-ring (bicyclic) bond motifs is 1. The summed E-state index contributed by atoms with van der Waals surface area (Å²) in [5, 5.41) is 13.6. The summed E-state index contributed by atoms with van der Waals surface area (Å²) in [5.74, 6) is -0.569. The molecular formula is C21H25FN4O2S. The van der Waals surface area contributed by atoms with Crippen LogP contribution in [0.25, 0.3) is 10.9 Å². The van der Waals surface area contributed by atoms with E-state index in [2.05, 4.69) is 21.9 Å². The summed E-state index contributed by atoms with van der Waals surface area (Å²) in [4.78, 5) is 15.7. The minimum absolute atomic E-state index is 0.243. The van der Waals surface area contributed by atoms with Gasteiger partial charge in [-0.15, -0.1) is 4.47 Å². The van der Waals surface area contributed by atoms with E-state index < -0.39 is 0 Å². The number of aromatic nitrogens is 1. The molecule has 0 unspecified atom stereocenters. The Hall–Kier alpha value is -2.55. The molecule has 0 bridgehead atoms. The molecule has 8 heteroatoms. The molecule has 1 aromatic heterocycles. The third kappa shape index (κ3) is 5.50. The van der Waals surface area contributed by atoms with Crippen LogP contribution in [0.3, 0.4) is 0 Å². The largest absolute Gasteiger partial charge is 0.350 e. The first kappa shape index (κ1) is 21.2. The SMILES string of the molecule is CCCCN(O)SNc1ccc2[nH]c(C(=O)NCc3cccc(F)c3)c(C)c2c1. The molecule has 3 aromatic rings. The van der Waals surface area contributed by atoms with Crippen LogP contribution in [-0.2, 0) is 6.54 Å². The highest BCUT2D eigenvalue weighted by atomic mass is 32.2. The molecule has 0 radical (unpaired) electrons. The molecule has 2 aromatic carbocycles. The number of carbonyl (C=O) groups is 1. The zero-order valence-electron chi connectivity index (χ0n) is 16.5. The number of anilines is 1. The third-order valence-electron chi connectivity index (χ3n) is 4.60. The minimum Gasteiger partial charge on any atom is -0.350 e. The highest BCUT2D eigenvalue weighted by Gasteiger charge is 2.15. The van der Waals surface area contributed by atoms with Gasteiger partial charge in [0.25, 0.3) is 5.91 Å². The third-order valence-corrected chi connectivity index (χ3v) is 5.32. The van der Waals surface area contributed by atoms with E-state index in [0.29, 0.717) is 17.8 Å². The van der Waals surface area contributed by atoms with Crippen LogP contribution in [0.2, 0.25) is 0 Å². The highest BCUT2D eigenvalue weighted by molar-refractivity contribution is 7.98. The summed E-state index contributed by atoms with van der Waals surface area (Å²) in [7, 11) is 0. The van der Waals surface area contributed by atoms with Crippen LogP contribution in [0.5, 0.6) is 0 Å². The van der Waals surface area contributed by atoms with E-state index in [-0.39, 0.29) is 18.3 Å². The second-order valence-electron chi connectivity index (χ2n) is 6.82. The minimum atomic E-state index is -0.326. The maximum atomic E-state index is 13.3. The number of halogens is 1. The van der Waals surface area contributed by atoms with Gasteiger partial charge in [0.2, 0.25) is 0 Å². The molecule has 6 nitrogen and oxygen atoms in total. The lowest BCUT2D eigenvalue weighted by molar-refractivity contribution is 0.0164. The molecule has 3 rings (SSSR count). The number of rotatable bonds is 9. The number of amides is 1. The van der Waals surface area contributed by atoms with Crippen molar-refractivity contribution in [2.75, 3.05) is 11.3 Å². The second kappa shape index (κ2) is 9.78. The van der Waals surface area contributed by atoms with Gasteiger partial charge >= 0.3 is 0 Å². The molecule has 0 spiro atoms. The Morgan fingerprint density at radius 1 is 1.28 bits per heavy atom. The summed E-state index contributed by atoms with van der Waals surface area (Å²) in [6.45, 7) is 4.78. The molecule has 1 amide bonds. The number of unbranched alkanes of at least 4 members (excludes halogenated alkanes) is 1. The Balaban J connectivity index is 1.68. The van der Waals surface area contributed by atoms with Gasteiger partial charge in [-0.3, -0.25) is 4.79 Å². The number of hydroxylamine groups is 1. The Kier molecular flexibility index (Phi) is 7.13. The smallest absolute Gasteiger partial charge is 0.268 e. The number of H-pyrrole nitrogens is 1. The predicted octanol–water partition coefficient (Wildman–Crippen LogP) is 5.01. The van der Waals surface area contributed by atoms with E-state index in [1.807, 2.05) is 25.1 Å². The maximum absolute atomic E-state index is 13.3. The first-order valence-corrected chi connectivity index (χ1v) is 10.3. The summed E-state index contributed by atoms with van der Waals surface area (Å²) in [6, 6.07) is 11.9. The van der Waals surface area contributed by atoms with Crippen molar-refractivity contribution in [2.45, 2.75) is 33.2 Å². The van der Waals surface area contributed by atoms with Gasteiger partial charge < -0.3 is 20.2 Å². The Morgan fingerprint density at radius 3 is 2.86 bits per heavy atom. The molecular weight excluding hydrogens is 391 g/mol.